The minimum Gasteiger partial charge on any atom is -0.494 e. The van der Waals surface area contributed by atoms with Crippen LogP contribution in [0.25, 0.3) is 16.9 Å². The van der Waals surface area contributed by atoms with Crippen LogP contribution in [0.15, 0.2) is 54.9 Å². The van der Waals surface area contributed by atoms with Crippen LogP contribution in [-0.4, -0.2) is 63.1 Å². The zero-order valence-corrected chi connectivity index (χ0v) is 24.1. The van der Waals surface area contributed by atoms with Gasteiger partial charge in [0.25, 0.3) is 5.91 Å². The number of aryl methyl sites for hydroxylation is 1. The maximum atomic E-state index is 13.8. The quantitative estimate of drug-likeness (QED) is 0.256. The van der Waals surface area contributed by atoms with Crippen LogP contribution in [0.2, 0.25) is 0 Å². The summed E-state index contributed by atoms with van der Waals surface area (Å²) in [6.07, 6.45) is -2.25. The van der Waals surface area contributed by atoms with Crippen molar-refractivity contribution in [2.24, 2.45) is 0 Å². The van der Waals surface area contributed by atoms with E-state index in [1.807, 2.05) is 6.92 Å². The van der Waals surface area contributed by atoms with Gasteiger partial charge in [-0.15, -0.1) is 5.10 Å². The largest absolute Gasteiger partial charge is 0.494 e. The fourth-order valence-electron chi connectivity index (χ4n) is 4.98. The molecule has 1 atom stereocenters. The fraction of sp³-hybridized carbons (Fsp3) is 0.300. The number of halogens is 4. The molecule has 0 spiro atoms. The Morgan fingerprint density at radius 2 is 1.91 bits per heavy atom. The second kappa shape index (κ2) is 12.4. The van der Waals surface area contributed by atoms with Gasteiger partial charge in [0.15, 0.2) is 0 Å². The molecule has 1 fully saturated rings. The molecule has 2 N–H and O–H groups in total. The van der Waals surface area contributed by atoms with E-state index in [-0.39, 0.29) is 41.6 Å². The molecule has 2 amide bonds. The minimum atomic E-state index is -4.68. The van der Waals surface area contributed by atoms with E-state index in [0.717, 1.165) is 17.7 Å². The number of hydrogen-bond acceptors (Lipinski definition) is 7. The number of amides is 2. The lowest BCUT2D eigenvalue weighted by Crippen LogP contribution is -2.22. The molecule has 0 bridgehead atoms. The van der Waals surface area contributed by atoms with Crippen molar-refractivity contribution in [2.45, 2.75) is 39.2 Å². The van der Waals surface area contributed by atoms with Crippen LogP contribution < -0.4 is 15.4 Å². The average Bonchev–Trinajstić information content (AvgIpc) is 3.62. The number of methoxy groups -OCH3 is 1. The number of carbonyl (C=O) groups is 2. The normalized spacial score (nSPS) is 15.3. The molecule has 1 aliphatic rings. The second-order valence-electron chi connectivity index (χ2n) is 10.5. The third kappa shape index (κ3) is 6.86. The number of carbonyl (C=O) groups excluding carboxylic acids is 2. The third-order valence-electron chi connectivity index (χ3n) is 7.13. The summed E-state index contributed by atoms with van der Waals surface area (Å²) in [5, 5.41) is 13.5. The highest BCUT2D eigenvalue weighted by Crippen LogP contribution is 2.39. The SMILES string of the molecule is COc1c(CN2CCC(F)C2)cc(C(F)(F)F)cc1NC(=O)c1ccc(C)c(-n2cc(-c3ccc(NC(C)=O)nc3)nn2)c1. The van der Waals surface area contributed by atoms with Gasteiger partial charge in [0.2, 0.25) is 5.91 Å². The van der Waals surface area contributed by atoms with E-state index in [0.29, 0.717) is 35.7 Å². The zero-order valence-electron chi connectivity index (χ0n) is 24.1. The predicted molar refractivity (Wildman–Crippen MR) is 154 cm³/mol. The van der Waals surface area contributed by atoms with Gasteiger partial charge in [-0.1, -0.05) is 11.3 Å². The van der Waals surface area contributed by atoms with Gasteiger partial charge in [-0.25, -0.2) is 14.1 Å². The van der Waals surface area contributed by atoms with Gasteiger partial charge in [0, 0.05) is 49.4 Å². The number of pyridine rings is 1. The highest BCUT2D eigenvalue weighted by molar-refractivity contribution is 6.05. The number of likely N-dealkylation sites (tertiary alicyclic amines) is 1. The van der Waals surface area contributed by atoms with Gasteiger partial charge in [0.1, 0.15) is 23.4 Å². The van der Waals surface area contributed by atoms with Crippen LogP contribution in [-0.2, 0) is 17.5 Å². The van der Waals surface area contributed by atoms with Gasteiger partial charge in [0.05, 0.1) is 30.2 Å². The lowest BCUT2D eigenvalue weighted by molar-refractivity contribution is -0.137. The lowest BCUT2D eigenvalue weighted by atomic mass is 10.1. The molecule has 2 aromatic heterocycles. The standard InChI is InChI=1S/C30H29F4N7O3/c1-17-4-5-19(11-26(17)41-16-25(38-39-41)20-6-7-27(35-13-20)36-18(2)42)29(43)37-24-12-22(30(32,33)34)10-21(28(24)44-3)14-40-9-8-23(31)15-40/h4-7,10-13,16,23H,8-9,14-15H2,1-3H3,(H,37,43)(H,35,36,42). The minimum absolute atomic E-state index is 0.0329. The summed E-state index contributed by atoms with van der Waals surface area (Å²) in [6, 6.07) is 9.92. The number of nitrogens with zero attached hydrogens (tertiary/aromatic N) is 5. The first-order valence-electron chi connectivity index (χ1n) is 13.6. The van der Waals surface area contributed by atoms with Crippen LogP contribution in [0.3, 0.4) is 0 Å². The topological polar surface area (TPSA) is 114 Å². The first-order chi connectivity index (χ1) is 20.9. The fourth-order valence-corrected chi connectivity index (χ4v) is 4.98. The van der Waals surface area contributed by atoms with Crippen molar-refractivity contribution in [3.8, 4) is 22.7 Å². The summed E-state index contributed by atoms with van der Waals surface area (Å²) >= 11 is 0. The van der Waals surface area contributed by atoms with Crippen LogP contribution >= 0.6 is 0 Å². The molecule has 230 valence electrons. The Balaban J connectivity index is 1.42. The van der Waals surface area contributed by atoms with E-state index in [1.54, 1.807) is 41.4 Å². The molecular weight excluding hydrogens is 582 g/mol. The van der Waals surface area contributed by atoms with Crippen molar-refractivity contribution < 1.29 is 31.9 Å². The third-order valence-corrected chi connectivity index (χ3v) is 7.13. The molecular formula is C30H29F4N7O3. The number of aromatic nitrogens is 4. The predicted octanol–water partition coefficient (Wildman–Crippen LogP) is 5.42. The van der Waals surface area contributed by atoms with Gasteiger partial charge in [-0.3, -0.25) is 14.5 Å². The van der Waals surface area contributed by atoms with Gasteiger partial charge >= 0.3 is 6.18 Å². The number of hydrogen-bond donors (Lipinski definition) is 2. The molecule has 4 aromatic rings. The average molecular weight is 612 g/mol. The zero-order chi connectivity index (χ0) is 31.6. The van der Waals surface area contributed by atoms with E-state index >= 15 is 0 Å². The number of rotatable bonds is 8. The van der Waals surface area contributed by atoms with Crippen LogP contribution in [0.1, 0.15) is 40.4 Å². The highest BCUT2D eigenvalue weighted by atomic mass is 19.4. The molecule has 14 heteroatoms. The van der Waals surface area contributed by atoms with Crippen molar-refractivity contribution in [2.75, 3.05) is 30.8 Å². The highest BCUT2D eigenvalue weighted by Gasteiger charge is 2.34. The smallest absolute Gasteiger partial charge is 0.416 e. The molecule has 44 heavy (non-hydrogen) atoms. The first kappa shape index (κ1) is 30.6. The van der Waals surface area contributed by atoms with Crippen molar-refractivity contribution in [3.63, 3.8) is 0 Å². The molecule has 2 aromatic carbocycles. The second-order valence-corrected chi connectivity index (χ2v) is 10.5. The summed E-state index contributed by atoms with van der Waals surface area (Å²) in [4.78, 5) is 30.5. The van der Waals surface area contributed by atoms with Crippen molar-refractivity contribution >= 4 is 23.3 Å². The summed E-state index contributed by atoms with van der Waals surface area (Å²) < 4.78 is 62.2. The Hall–Kier alpha value is -4.85. The Kier molecular flexibility index (Phi) is 8.63. The van der Waals surface area contributed by atoms with Crippen LogP contribution in [0, 0.1) is 6.92 Å². The molecule has 0 radical (unpaired) electrons. The molecule has 0 aliphatic carbocycles. The van der Waals surface area contributed by atoms with Crippen molar-refractivity contribution in [1.82, 2.24) is 24.9 Å². The number of benzene rings is 2. The summed E-state index contributed by atoms with van der Waals surface area (Å²) in [6.45, 7) is 3.73. The molecule has 10 nitrogen and oxygen atoms in total. The molecule has 3 heterocycles. The summed E-state index contributed by atoms with van der Waals surface area (Å²) in [5.74, 6) is -0.462. The van der Waals surface area contributed by atoms with Gasteiger partial charge < -0.3 is 15.4 Å². The summed E-state index contributed by atoms with van der Waals surface area (Å²) in [7, 11) is 1.30. The molecule has 1 unspecified atom stereocenters. The number of nitrogens with one attached hydrogen (secondary N) is 2. The Morgan fingerprint density at radius 3 is 2.55 bits per heavy atom. The molecule has 5 rings (SSSR count). The number of anilines is 2. The van der Waals surface area contributed by atoms with E-state index in [4.69, 9.17) is 4.74 Å². The van der Waals surface area contributed by atoms with E-state index in [1.165, 1.54) is 24.9 Å². The Bertz CT molecular complexity index is 1690. The van der Waals surface area contributed by atoms with Gasteiger partial charge in [-0.2, -0.15) is 13.2 Å². The lowest BCUT2D eigenvalue weighted by Gasteiger charge is -2.21. The van der Waals surface area contributed by atoms with Gasteiger partial charge in [-0.05, 0) is 55.3 Å². The molecule has 1 saturated heterocycles. The van der Waals surface area contributed by atoms with E-state index in [2.05, 4.69) is 25.9 Å². The van der Waals surface area contributed by atoms with E-state index < -0.39 is 23.8 Å². The monoisotopic (exact) mass is 611 g/mol. The number of alkyl halides is 4. The van der Waals surface area contributed by atoms with Crippen molar-refractivity contribution in [1.29, 1.82) is 0 Å². The number of ether oxygens (including phenoxy) is 1. The Morgan fingerprint density at radius 1 is 1.11 bits per heavy atom. The molecule has 0 saturated carbocycles. The first-order valence-corrected chi connectivity index (χ1v) is 13.6. The van der Waals surface area contributed by atoms with Crippen LogP contribution in [0.4, 0.5) is 29.1 Å². The van der Waals surface area contributed by atoms with E-state index in [9.17, 15) is 27.2 Å². The maximum Gasteiger partial charge on any atom is 0.416 e. The Labute approximate surface area is 250 Å². The maximum absolute atomic E-state index is 13.8. The molecule has 1 aliphatic heterocycles. The van der Waals surface area contributed by atoms with Crippen molar-refractivity contribution in [3.05, 3.63) is 77.1 Å². The van der Waals surface area contributed by atoms with Crippen LogP contribution in [0.5, 0.6) is 5.75 Å². The summed E-state index contributed by atoms with van der Waals surface area (Å²) in [5.41, 5.74) is 1.63.